The van der Waals surface area contributed by atoms with Gasteiger partial charge in [-0.2, -0.15) is 0 Å². The van der Waals surface area contributed by atoms with E-state index in [-0.39, 0.29) is 24.4 Å². The largest absolute Gasteiger partial charge is 2.00 e. The second-order valence-corrected chi connectivity index (χ2v) is 7.77. The fraction of sp³-hybridized carbons (Fsp3) is 0.143. The van der Waals surface area contributed by atoms with Gasteiger partial charge in [0.05, 0.1) is 0 Å². The van der Waals surface area contributed by atoms with Crippen LogP contribution in [0.5, 0.6) is 0 Å². The molecule has 0 aromatic heterocycles. The Balaban J connectivity index is 0.00000261. The molecule has 0 amide bonds. The van der Waals surface area contributed by atoms with Gasteiger partial charge in [0.2, 0.25) is 0 Å². The topological polar surface area (TPSA) is 72.0 Å². The van der Waals surface area contributed by atoms with Gasteiger partial charge in [0, 0.05) is 4.90 Å². The summed E-state index contributed by atoms with van der Waals surface area (Å²) in [5.74, 6) is 0. The summed E-state index contributed by atoms with van der Waals surface area (Å²) in [6.07, 6.45) is 0. The molecular formula is C21H20N2O2RuS. The number of hydrogen-bond acceptors (Lipinski definition) is 2. The van der Waals surface area contributed by atoms with Crippen LogP contribution in [0.15, 0.2) is 89.8 Å². The Hall–Kier alpha value is -1.85. The first-order valence-corrected chi connectivity index (χ1v) is 9.76. The van der Waals surface area contributed by atoms with Crippen molar-refractivity contribution in [3.8, 4) is 0 Å². The maximum absolute atomic E-state index is 12.8. The standard InChI is InChI=1S/C21H20N2O2S.Ru/c1-16-12-14-19(15-13-16)26(24,25)23-21(18-10-6-3-7-11-18)20(22)17-8-4-2-5-9-17;/h2-15,20-22H,1H3;/q-2;+2/t20-,21-;/m0./s1. The van der Waals surface area contributed by atoms with Gasteiger partial charge in [0.1, 0.15) is 10.0 Å². The number of aryl methyl sites for hydroxylation is 1. The van der Waals surface area contributed by atoms with Crippen LogP contribution in [-0.2, 0) is 29.5 Å². The van der Waals surface area contributed by atoms with E-state index in [9.17, 15) is 8.42 Å². The van der Waals surface area contributed by atoms with Gasteiger partial charge in [-0.05, 0) is 19.1 Å². The van der Waals surface area contributed by atoms with Crippen LogP contribution in [0.3, 0.4) is 0 Å². The molecule has 6 heteroatoms. The number of hydrogen-bond donors (Lipinski definition) is 0. The quantitative estimate of drug-likeness (QED) is 0.445. The van der Waals surface area contributed by atoms with Gasteiger partial charge >= 0.3 is 19.5 Å². The van der Waals surface area contributed by atoms with Crippen molar-refractivity contribution in [3.63, 3.8) is 0 Å². The summed E-state index contributed by atoms with van der Waals surface area (Å²) >= 11 is 0. The fourth-order valence-electron chi connectivity index (χ4n) is 2.73. The average molecular weight is 466 g/mol. The summed E-state index contributed by atoms with van der Waals surface area (Å²) in [6.45, 7) is 1.90. The predicted molar refractivity (Wildman–Crippen MR) is 104 cm³/mol. The van der Waals surface area contributed by atoms with Crippen molar-refractivity contribution >= 4 is 10.0 Å². The molecule has 27 heavy (non-hydrogen) atoms. The van der Waals surface area contributed by atoms with Gasteiger partial charge in [-0.25, -0.2) is 8.42 Å². The Morgan fingerprint density at radius 3 is 1.78 bits per heavy atom. The first kappa shape index (κ1) is 21.5. The summed E-state index contributed by atoms with van der Waals surface area (Å²) in [4.78, 5) is 0.143. The molecule has 0 bridgehead atoms. The molecule has 0 aliphatic rings. The van der Waals surface area contributed by atoms with Crippen molar-refractivity contribution in [2.75, 3.05) is 0 Å². The van der Waals surface area contributed by atoms with Gasteiger partial charge in [-0.3, -0.25) is 0 Å². The van der Waals surface area contributed by atoms with Gasteiger partial charge < -0.3 is 10.5 Å². The van der Waals surface area contributed by atoms with Gasteiger partial charge in [-0.15, -0.1) is 12.1 Å². The molecule has 140 valence electrons. The van der Waals surface area contributed by atoms with E-state index >= 15 is 0 Å². The molecule has 0 fully saturated rings. The van der Waals surface area contributed by atoms with E-state index in [0.29, 0.717) is 5.56 Å². The smallest absolute Gasteiger partial charge is 0.672 e. The van der Waals surface area contributed by atoms with E-state index in [1.807, 2.05) is 67.6 Å². The summed E-state index contributed by atoms with van der Waals surface area (Å²) < 4.78 is 29.8. The Kier molecular flexibility index (Phi) is 7.45. The Labute approximate surface area is 173 Å². The van der Waals surface area contributed by atoms with Crippen molar-refractivity contribution in [1.29, 1.82) is 0 Å². The van der Waals surface area contributed by atoms with Crippen LogP contribution in [0.4, 0.5) is 0 Å². The van der Waals surface area contributed by atoms with Crippen molar-refractivity contribution in [2.45, 2.75) is 23.9 Å². The summed E-state index contributed by atoms with van der Waals surface area (Å²) in [5.41, 5.74) is 11.0. The number of nitrogens with one attached hydrogen (secondary N) is 1. The maximum atomic E-state index is 12.8. The molecule has 3 aromatic carbocycles. The minimum atomic E-state index is -3.87. The second kappa shape index (κ2) is 9.38. The Morgan fingerprint density at radius 2 is 1.26 bits per heavy atom. The first-order valence-electron chi connectivity index (χ1n) is 8.32. The molecule has 0 spiro atoms. The summed E-state index contributed by atoms with van der Waals surface area (Å²) in [7, 11) is -3.87. The molecular weight excluding hydrogens is 445 g/mol. The zero-order valence-corrected chi connectivity index (χ0v) is 17.3. The molecule has 0 aliphatic heterocycles. The average Bonchev–Trinajstić information content (AvgIpc) is 2.67. The normalized spacial score (nSPS) is 13.4. The minimum Gasteiger partial charge on any atom is -0.672 e. The zero-order valence-electron chi connectivity index (χ0n) is 14.8. The molecule has 3 aromatic rings. The summed E-state index contributed by atoms with van der Waals surface area (Å²) in [5, 5.41) is 0. The van der Waals surface area contributed by atoms with Crippen LogP contribution >= 0.6 is 0 Å². The molecule has 3 rings (SSSR count). The van der Waals surface area contributed by atoms with Crippen LogP contribution in [0.1, 0.15) is 28.8 Å². The monoisotopic (exact) mass is 466 g/mol. The summed E-state index contributed by atoms with van der Waals surface area (Å²) in [6, 6.07) is 23.3. The van der Waals surface area contributed by atoms with Crippen molar-refractivity contribution in [2.24, 2.45) is 0 Å². The molecule has 0 saturated heterocycles. The van der Waals surface area contributed by atoms with Crippen LogP contribution in [0, 0.1) is 6.92 Å². The third kappa shape index (κ3) is 5.33. The Morgan fingerprint density at radius 1 is 0.778 bits per heavy atom. The van der Waals surface area contributed by atoms with Crippen LogP contribution in [-0.4, -0.2) is 8.42 Å². The van der Waals surface area contributed by atoms with Crippen LogP contribution < -0.4 is 0 Å². The van der Waals surface area contributed by atoms with Gasteiger partial charge in [0.15, 0.2) is 0 Å². The van der Waals surface area contributed by atoms with E-state index in [1.165, 1.54) is 0 Å². The number of benzene rings is 3. The van der Waals surface area contributed by atoms with E-state index in [2.05, 4.69) is 4.72 Å². The maximum Gasteiger partial charge on any atom is 2.00 e. The van der Waals surface area contributed by atoms with E-state index in [0.717, 1.165) is 11.1 Å². The fourth-order valence-corrected chi connectivity index (χ4v) is 3.87. The van der Waals surface area contributed by atoms with E-state index in [4.69, 9.17) is 5.73 Å². The van der Waals surface area contributed by atoms with Gasteiger partial charge in [0.25, 0.3) is 0 Å². The van der Waals surface area contributed by atoms with Crippen molar-refractivity contribution < 1.29 is 27.9 Å². The minimum absolute atomic E-state index is 0. The Bertz CT molecular complexity index is 946. The number of rotatable bonds is 6. The molecule has 2 atom stereocenters. The SMILES string of the molecule is Cc1ccc(S(=O)(=O)[N-][C@@H](c2ccccc2)[C@@H]([NH-])c2ccccc2)cc1.[Ru+2]. The van der Waals surface area contributed by atoms with E-state index in [1.54, 1.807) is 24.3 Å². The molecule has 0 saturated carbocycles. The molecule has 1 N–H and O–H groups in total. The molecule has 0 unspecified atom stereocenters. The first-order chi connectivity index (χ1) is 12.5. The molecule has 0 heterocycles. The molecule has 4 nitrogen and oxygen atoms in total. The van der Waals surface area contributed by atoms with Crippen molar-refractivity contribution in [3.05, 3.63) is 112 Å². The number of sulfonamides is 1. The van der Waals surface area contributed by atoms with Crippen LogP contribution in [0.25, 0.3) is 10.5 Å². The third-order valence-electron chi connectivity index (χ3n) is 4.19. The second-order valence-electron chi connectivity index (χ2n) is 6.14. The van der Waals surface area contributed by atoms with Crippen LogP contribution in [0.2, 0.25) is 0 Å². The zero-order chi connectivity index (χ0) is 18.6. The van der Waals surface area contributed by atoms with Crippen molar-refractivity contribution in [1.82, 2.24) is 0 Å². The predicted octanol–water partition coefficient (Wildman–Crippen LogP) is 5.59. The van der Waals surface area contributed by atoms with Gasteiger partial charge in [-0.1, -0.05) is 89.5 Å². The van der Waals surface area contributed by atoms with E-state index < -0.39 is 22.1 Å². The molecule has 0 radical (unpaired) electrons. The third-order valence-corrected chi connectivity index (χ3v) is 5.56. The number of nitrogens with zero attached hydrogens (tertiary/aromatic N) is 1. The molecule has 0 aliphatic carbocycles.